The number of aryl methyl sites for hydroxylation is 2. The molecule has 1 saturated heterocycles. The largest absolute Gasteiger partial charge is 0.459 e. The molecular formula is C19H23ClN2O4. The number of carbonyl (C=O) groups excluding carboxylic acids is 2. The van der Waals surface area contributed by atoms with Gasteiger partial charge in [0.05, 0.1) is 5.56 Å². The van der Waals surface area contributed by atoms with Crippen molar-refractivity contribution in [2.24, 2.45) is 0 Å². The number of furan rings is 1. The lowest BCUT2D eigenvalue weighted by atomic mass is 10.1. The normalized spacial score (nSPS) is 14.4. The second-order valence-corrected chi connectivity index (χ2v) is 6.26. The average molecular weight is 379 g/mol. The van der Waals surface area contributed by atoms with Gasteiger partial charge in [-0.3, -0.25) is 4.79 Å². The highest BCUT2D eigenvalue weighted by Crippen LogP contribution is 2.18. The van der Waals surface area contributed by atoms with Crippen molar-refractivity contribution in [2.75, 3.05) is 18.4 Å². The lowest BCUT2D eigenvalue weighted by Crippen LogP contribution is -2.33. The molecule has 1 amide bonds. The van der Waals surface area contributed by atoms with Gasteiger partial charge in [-0.2, -0.15) is 0 Å². The van der Waals surface area contributed by atoms with Crippen molar-refractivity contribution in [1.82, 2.24) is 5.32 Å². The molecule has 0 aliphatic carbocycles. The van der Waals surface area contributed by atoms with Crippen molar-refractivity contribution >= 4 is 30.0 Å². The minimum atomic E-state index is -0.331. The summed E-state index contributed by atoms with van der Waals surface area (Å²) in [6.07, 6.45) is 1.64. The summed E-state index contributed by atoms with van der Waals surface area (Å²) in [5, 5.41) is 6.00. The molecule has 1 aromatic carbocycles. The fourth-order valence-electron chi connectivity index (χ4n) is 2.88. The molecule has 1 aromatic heterocycles. The molecule has 0 atom stereocenters. The van der Waals surface area contributed by atoms with Crippen molar-refractivity contribution in [2.45, 2.75) is 32.8 Å². The fraction of sp³-hybridized carbons (Fsp3) is 0.368. The molecule has 1 fully saturated rings. The first kappa shape index (κ1) is 20.0. The number of anilines is 1. The third-order valence-electron chi connectivity index (χ3n) is 4.19. The van der Waals surface area contributed by atoms with Crippen LogP contribution in [-0.2, 0) is 4.74 Å². The van der Waals surface area contributed by atoms with Gasteiger partial charge in [-0.1, -0.05) is 0 Å². The number of ether oxygens (including phenoxy) is 1. The number of piperidine rings is 1. The number of hydrogen-bond donors (Lipinski definition) is 2. The highest BCUT2D eigenvalue weighted by atomic mass is 35.5. The van der Waals surface area contributed by atoms with Crippen molar-refractivity contribution in [3.63, 3.8) is 0 Å². The van der Waals surface area contributed by atoms with E-state index in [9.17, 15) is 9.59 Å². The maximum atomic E-state index is 12.2. The molecule has 0 radical (unpaired) electrons. The molecule has 0 spiro atoms. The number of carbonyl (C=O) groups is 2. The zero-order valence-corrected chi connectivity index (χ0v) is 15.7. The van der Waals surface area contributed by atoms with E-state index in [2.05, 4.69) is 10.6 Å². The van der Waals surface area contributed by atoms with Crippen LogP contribution in [0.5, 0.6) is 0 Å². The van der Waals surface area contributed by atoms with Gasteiger partial charge in [0.1, 0.15) is 11.9 Å². The fourth-order valence-corrected chi connectivity index (χ4v) is 2.88. The number of amides is 1. The molecule has 2 N–H and O–H groups in total. The molecule has 140 valence electrons. The van der Waals surface area contributed by atoms with Crippen LogP contribution in [0.3, 0.4) is 0 Å². The van der Waals surface area contributed by atoms with Gasteiger partial charge in [0.25, 0.3) is 5.91 Å². The van der Waals surface area contributed by atoms with E-state index < -0.39 is 0 Å². The first-order valence-electron chi connectivity index (χ1n) is 8.43. The van der Waals surface area contributed by atoms with Crippen LogP contribution < -0.4 is 10.6 Å². The third kappa shape index (κ3) is 4.86. The van der Waals surface area contributed by atoms with E-state index in [1.54, 1.807) is 31.2 Å². The monoisotopic (exact) mass is 378 g/mol. The highest BCUT2D eigenvalue weighted by Gasteiger charge is 2.19. The average Bonchev–Trinajstić information content (AvgIpc) is 2.95. The molecule has 0 saturated carbocycles. The zero-order chi connectivity index (χ0) is 17.8. The first-order chi connectivity index (χ1) is 12.0. The number of halogens is 1. The van der Waals surface area contributed by atoms with Gasteiger partial charge in [-0.25, -0.2) is 4.79 Å². The standard InChI is InChI=1S/C19H22N2O4.ClH/c1-12-11-13(2)24-17(12)18(22)21-15-5-3-14(4-6-15)19(23)25-16-7-9-20-10-8-16;/h3-6,11,16,20H,7-10H2,1-2H3,(H,21,22);1H. The molecule has 7 heteroatoms. The lowest BCUT2D eigenvalue weighted by molar-refractivity contribution is 0.0229. The number of nitrogens with one attached hydrogen (secondary N) is 2. The summed E-state index contributed by atoms with van der Waals surface area (Å²) in [5.74, 6) is 0.350. The number of hydrogen-bond acceptors (Lipinski definition) is 5. The Labute approximate surface area is 158 Å². The van der Waals surface area contributed by atoms with Gasteiger partial charge in [0.2, 0.25) is 0 Å². The van der Waals surface area contributed by atoms with Gasteiger partial charge in [-0.15, -0.1) is 12.4 Å². The second-order valence-electron chi connectivity index (χ2n) is 6.26. The van der Waals surface area contributed by atoms with E-state index in [-0.39, 0.29) is 30.4 Å². The number of esters is 1. The van der Waals surface area contributed by atoms with Crippen molar-refractivity contribution in [1.29, 1.82) is 0 Å². The Bertz CT molecular complexity index is 764. The van der Waals surface area contributed by atoms with Gasteiger partial charge in [-0.05, 0) is 70.1 Å². The van der Waals surface area contributed by atoms with Crippen LogP contribution in [-0.4, -0.2) is 31.1 Å². The Morgan fingerprint density at radius 2 is 1.81 bits per heavy atom. The van der Waals surface area contributed by atoms with Gasteiger partial charge >= 0.3 is 5.97 Å². The van der Waals surface area contributed by atoms with Crippen LogP contribution in [0.2, 0.25) is 0 Å². The van der Waals surface area contributed by atoms with Crippen molar-refractivity contribution < 1.29 is 18.7 Å². The van der Waals surface area contributed by atoms with Crippen LogP contribution in [0.15, 0.2) is 34.7 Å². The molecule has 6 nitrogen and oxygen atoms in total. The molecule has 1 aliphatic rings. The molecular weight excluding hydrogens is 356 g/mol. The second kappa shape index (κ2) is 8.87. The molecule has 1 aliphatic heterocycles. The van der Waals surface area contributed by atoms with E-state index >= 15 is 0 Å². The van der Waals surface area contributed by atoms with E-state index in [1.807, 2.05) is 13.0 Å². The summed E-state index contributed by atoms with van der Waals surface area (Å²) in [4.78, 5) is 24.4. The summed E-state index contributed by atoms with van der Waals surface area (Å²) in [5.41, 5.74) is 1.86. The van der Waals surface area contributed by atoms with Crippen LogP contribution in [0.25, 0.3) is 0 Å². The zero-order valence-electron chi connectivity index (χ0n) is 14.8. The van der Waals surface area contributed by atoms with E-state index in [4.69, 9.17) is 9.15 Å². The Morgan fingerprint density at radius 1 is 1.15 bits per heavy atom. The predicted octanol–water partition coefficient (Wildman–Crippen LogP) is 3.48. The molecule has 26 heavy (non-hydrogen) atoms. The predicted molar refractivity (Wildman–Crippen MR) is 101 cm³/mol. The van der Waals surface area contributed by atoms with Gasteiger partial charge < -0.3 is 19.8 Å². The summed E-state index contributed by atoms with van der Waals surface area (Å²) in [7, 11) is 0. The van der Waals surface area contributed by atoms with Crippen LogP contribution >= 0.6 is 12.4 Å². The van der Waals surface area contributed by atoms with Crippen molar-refractivity contribution in [3.05, 3.63) is 53.0 Å². The SMILES string of the molecule is Cc1cc(C)c(C(=O)Nc2ccc(C(=O)OC3CCNCC3)cc2)o1.Cl. The van der Waals surface area contributed by atoms with Gasteiger partial charge in [0.15, 0.2) is 5.76 Å². The third-order valence-corrected chi connectivity index (χ3v) is 4.19. The first-order valence-corrected chi connectivity index (χ1v) is 8.43. The Kier molecular flexibility index (Phi) is 6.83. The van der Waals surface area contributed by atoms with Crippen molar-refractivity contribution in [3.8, 4) is 0 Å². The van der Waals surface area contributed by atoms with E-state index in [0.717, 1.165) is 31.5 Å². The maximum Gasteiger partial charge on any atom is 0.338 e. The molecule has 0 bridgehead atoms. The topological polar surface area (TPSA) is 80.6 Å². The van der Waals surface area contributed by atoms with Gasteiger partial charge in [0, 0.05) is 11.3 Å². The smallest absolute Gasteiger partial charge is 0.338 e. The molecule has 2 heterocycles. The highest BCUT2D eigenvalue weighted by molar-refractivity contribution is 6.03. The summed E-state index contributed by atoms with van der Waals surface area (Å²) in [6.45, 7) is 5.36. The minimum Gasteiger partial charge on any atom is -0.459 e. The molecule has 0 unspecified atom stereocenters. The minimum absolute atomic E-state index is 0. The molecule has 2 aromatic rings. The summed E-state index contributed by atoms with van der Waals surface area (Å²) >= 11 is 0. The number of rotatable bonds is 4. The lowest BCUT2D eigenvalue weighted by Gasteiger charge is -2.22. The Morgan fingerprint density at radius 3 is 2.38 bits per heavy atom. The van der Waals surface area contributed by atoms with Crippen LogP contribution in [0.4, 0.5) is 5.69 Å². The summed E-state index contributed by atoms with van der Waals surface area (Å²) in [6, 6.07) is 8.48. The van der Waals surface area contributed by atoms with Crippen LogP contribution in [0, 0.1) is 13.8 Å². The number of benzene rings is 1. The Balaban J connectivity index is 0.00000243. The van der Waals surface area contributed by atoms with Crippen LogP contribution in [0.1, 0.15) is 45.1 Å². The molecule has 3 rings (SSSR count). The maximum absolute atomic E-state index is 12.2. The Hall–Kier alpha value is -2.31. The quantitative estimate of drug-likeness (QED) is 0.796. The van der Waals surface area contributed by atoms with E-state index in [0.29, 0.717) is 22.8 Å². The van der Waals surface area contributed by atoms with E-state index in [1.165, 1.54) is 0 Å². The summed E-state index contributed by atoms with van der Waals surface area (Å²) < 4.78 is 10.9.